The first kappa shape index (κ1) is 16.8. The second-order valence-corrected chi connectivity index (χ2v) is 7.22. The van der Waals surface area contributed by atoms with Gasteiger partial charge in [0.05, 0.1) is 11.7 Å². The fraction of sp³-hybridized carbons (Fsp3) is 0.944. The molecular formula is C18H34N2O. The van der Waals surface area contributed by atoms with Crippen LogP contribution in [0.1, 0.15) is 85.5 Å². The minimum absolute atomic E-state index is 0.249. The largest absolute Gasteiger partial charge is 0.322 e. The van der Waals surface area contributed by atoms with Crippen molar-refractivity contribution in [3.05, 3.63) is 0 Å². The molecule has 3 atom stereocenters. The van der Waals surface area contributed by atoms with Gasteiger partial charge in [0, 0.05) is 6.04 Å². The summed E-state index contributed by atoms with van der Waals surface area (Å²) in [6, 6.07) is 0.440. The van der Waals surface area contributed by atoms with E-state index in [1.165, 1.54) is 32.1 Å². The van der Waals surface area contributed by atoms with Crippen LogP contribution in [0.3, 0.4) is 0 Å². The Bertz CT molecular complexity index is 351. The maximum absolute atomic E-state index is 13.0. The smallest absolute Gasteiger partial charge is 0.244 e. The molecule has 3 heteroatoms. The summed E-state index contributed by atoms with van der Waals surface area (Å²) in [7, 11) is 0. The van der Waals surface area contributed by atoms with E-state index in [-0.39, 0.29) is 11.7 Å². The molecule has 1 amide bonds. The highest BCUT2D eigenvalue weighted by atomic mass is 16.2. The summed E-state index contributed by atoms with van der Waals surface area (Å²) in [5.74, 6) is 1.06. The molecule has 0 radical (unpaired) electrons. The van der Waals surface area contributed by atoms with Gasteiger partial charge in [-0.3, -0.25) is 10.1 Å². The molecule has 21 heavy (non-hydrogen) atoms. The second-order valence-electron chi connectivity index (χ2n) is 7.22. The zero-order valence-electron chi connectivity index (χ0n) is 14.5. The van der Waals surface area contributed by atoms with Crippen molar-refractivity contribution in [3.63, 3.8) is 0 Å². The number of rotatable bonds is 6. The van der Waals surface area contributed by atoms with E-state index in [0.717, 1.165) is 25.7 Å². The highest BCUT2D eigenvalue weighted by Crippen LogP contribution is 2.36. The van der Waals surface area contributed by atoms with Crippen LogP contribution in [-0.4, -0.2) is 28.6 Å². The summed E-state index contributed by atoms with van der Waals surface area (Å²) in [4.78, 5) is 15.3. The third kappa shape index (κ3) is 3.28. The fourth-order valence-electron chi connectivity index (χ4n) is 4.32. The molecule has 2 aliphatic rings. The third-order valence-corrected chi connectivity index (χ3v) is 5.77. The van der Waals surface area contributed by atoms with E-state index >= 15 is 0 Å². The van der Waals surface area contributed by atoms with Crippen molar-refractivity contribution in [2.75, 3.05) is 0 Å². The molecule has 3 unspecified atom stereocenters. The lowest BCUT2D eigenvalue weighted by Gasteiger charge is -2.39. The number of nitrogens with zero attached hydrogens (tertiary/aromatic N) is 1. The van der Waals surface area contributed by atoms with E-state index in [0.29, 0.717) is 17.9 Å². The van der Waals surface area contributed by atoms with Gasteiger partial charge < -0.3 is 4.90 Å². The Morgan fingerprint density at radius 1 is 1.24 bits per heavy atom. The van der Waals surface area contributed by atoms with Gasteiger partial charge in [-0.1, -0.05) is 46.5 Å². The van der Waals surface area contributed by atoms with Gasteiger partial charge in [0.2, 0.25) is 5.91 Å². The van der Waals surface area contributed by atoms with Gasteiger partial charge in [-0.05, 0) is 44.9 Å². The molecule has 1 aliphatic heterocycles. The molecule has 1 saturated carbocycles. The normalized spacial score (nSPS) is 32.7. The van der Waals surface area contributed by atoms with Crippen LogP contribution in [-0.2, 0) is 4.79 Å². The van der Waals surface area contributed by atoms with Crippen LogP contribution in [0, 0.1) is 5.92 Å². The van der Waals surface area contributed by atoms with Gasteiger partial charge in [-0.25, -0.2) is 0 Å². The minimum atomic E-state index is -0.345. The Balaban J connectivity index is 2.21. The molecule has 0 aromatic heterocycles. The summed E-state index contributed by atoms with van der Waals surface area (Å²) in [5.41, 5.74) is -0.345. The van der Waals surface area contributed by atoms with Gasteiger partial charge in [-0.15, -0.1) is 0 Å². The van der Waals surface area contributed by atoms with E-state index in [1.807, 2.05) is 0 Å². The van der Waals surface area contributed by atoms with Crippen LogP contribution in [0.4, 0.5) is 0 Å². The first-order chi connectivity index (χ1) is 10.1. The summed E-state index contributed by atoms with van der Waals surface area (Å²) in [6.07, 6.45) is 11.1. The van der Waals surface area contributed by atoms with Crippen molar-refractivity contribution >= 4 is 5.91 Å². The van der Waals surface area contributed by atoms with Crippen molar-refractivity contribution < 1.29 is 4.79 Å². The van der Waals surface area contributed by atoms with E-state index < -0.39 is 0 Å². The van der Waals surface area contributed by atoms with Crippen molar-refractivity contribution in [3.8, 4) is 0 Å². The molecule has 0 aromatic carbocycles. The van der Waals surface area contributed by atoms with E-state index in [9.17, 15) is 4.79 Å². The summed E-state index contributed by atoms with van der Waals surface area (Å²) < 4.78 is 0. The molecule has 0 aromatic rings. The molecular weight excluding hydrogens is 260 g/mol. The molecule has 1 N–H and O–H groups in total. The lowest BCUT2D eigenvalue weighted by atomic mass is 9.81. The Morgan fingerprint density at radius 2 is 1.90 bits per heavy atom. The van der Waals surface area contributed by atoms with Crippen LogP contribution >= 0.6 is 0 Å². The number of carbonyl (C=O) groups is 1. The lowest BCUT2D eigenvalue weighted by molar-refractivity contribution is -0.136. The van der Waals surface area contributed by atoms with Crippen LogP contribution in [0.2, 0.25) is 0 Å². The van der Waals surface area contributed by atoms with E-state index in [4.69, 9.17) is 0 Å². The fourth-order valence-corrected chi connectivity index (χ4v) is 4.32. The second kappa shape index (κ2) is 7.13. The number of amides is 1. The monoisotopic (exact) mass is 294 g/mol. The number of carbonyl (C=O) groups excluding carboxylic acids is 1. The Kier molecular flexibility index (Phi) is 5.70. The molecule has 1 heterocycles. The molecule has 1 saturated heterocycles. The van der Waals surface area contributed by atoms with Gasteiger partial charge >= 0.3 is 0 Å². The SMILES string of the molecule is CCCC1NC(C)(CC)C(=O)N1C(CC)C1CCCCC1. The Morgan fingerprint density at radius 3 is 2.43 bits per heavy atom. The Hall–Kier alpha value is -0.570. The third-order valence-electron chi connectivity index (χ3n) is 5.77. The molecule has 122 valence electrons. The molecule has 2 rings (SSSR count). The zero-order valence-corrected chi connectivity index (χ0v) is 14.5. The highest BCUT2D eigenvalue weighted by Gasteiger charge is 2.49. The predicted octanol–water partition coefficient (Wildman–Crippen LogP) is 4.07. The van der Waals surface area contributed by atoms with Crippen LogP contribution in [0.25, 0.3) is 0 Å². The maximum atomic E-state index is 13.0. The van der Waals surface area contributed by atoms with Gasteiger partial charge in [0.25, 0.3) is 0 Å². The predicted molar refractivity (Wildman–Crippen MR) is 88.0 cm³/mol. The number of hydrogen-bond acceptors (Lipinski definition) is 2. The quantitative estimate of drug-likeness (QED) is 0.801. The standard InChI is InChI=1S/C18H34N2O/c1-5-11-16-19-18(4,7-3)17(21)20(16)15(6-2)14-12-9-8-10-13-14/h14-16,19H,5-13H2,1-4H3. The summed E-state index contributed by atoms with van der Waals surface area (Å²) in [6.45, 7) is 8.69. The van der Waals surface area contributed by atoms with Crippen molar-refractivity contribution in [2.45, 2.75) is 103 Å². The highest BCUT2D eigenvalue weighted by molar-refractivity contribution is 5.88. The van der Waals surface area contributed by atoms with Gasteiger partial charge in [0.1, 0.15) is 0 Å². The van der Waals surface area contributed by atoms with Crippen LogP contribution in [0.15, 0.2) is 0 Å². The average molecular weight is 294 g/mol. The van der Waals surface area contributed by atoms with Crippen LogP contribution in [0.5, 0.6) is 0 Å². The zero-order chi connectivity index (χ0) is 15.5. The Labute approximate surface area is 130 Å². The van der Waals surface area contributed by atoms with Gasteiger partial charge in [0.15, 0.2) is 0 Å². The molecule has 1 aliphatic carbocycles. The van der Waals surface area contributed by atoms with E-state index in [2.05, 4.69) is 37.9 Å². The van der Waals surface area contributed by atoms with Crippen molar-refractivity contribution in [2.24, 2.45) is 5.92 Å². The summed E-state index contributed by atoms with van der Waals surface area (Å²) >= 11 is 0. The molecule has 3 nitrogen and oxygen atoms in total. The first-order valence-electron chi connectivity index (χ1n) is 9.17. The maximum Gasteiger partial charge on any atom is 0.244 e. The van der Waals surface area contributed by atoms with Crippen LogP contribution < -0.4 is 5.32 Å². The number of hydrogen-bond donors (Lipinski definition) is 1. The van der Waals surface area contributed by atoms with Crippen molar-refractivity contribution in [1.29, 1.82) is 0 Å². The lowest BCUT2D eigenvalue weighted by Crippen LogP contribution is -2.48. The molecule has 2 fully saturated rings. The topological polar surface area (TPSA) is 32.3 Å². The number of nitrogens with one attached hydrogen (secondary N) is 1. The first-order valence-corrected chi connectivity index (χ1v) is 9.17. The molecule has 0 spiro atoms. The molecule has 0 bridgehead atoms. The van der Waals surface area contributed by atoms with Crippen molar-refractivity contribution in [1.82, 2.24) is 10.2 Å². The minimum Gasteiger partial charge on any atom is -0.322 e. The van der Waals surface area contributed by atoms with E-state index in [1.54, 1.807) is 0 Å². The van der Waals surface area contributed by atoms with Gasteiger partial charge in [-0.2, -0.15) is 0 Å². The summed E-state index contributed by atoms with van der Waals surface area (Å²) in [5, 5.41) is 3.65. The average Bonchev–Trinajstić information content (AvgIpc) is 2.75.